The third-order valence-electron chi connectivity index (χ3n) is 3.58. The molecule has 0 aliphatic rings. The van der Waals surface area contributed by atoms with Crippen molar-refractivity contribution in [2.75, 3.05) is 6.54 Å². The molecule has 0 fully saturated rings. The maximum absolute atomic E-state index is 4.49. The first-order valence-electron chi connectivity index (χ1n) is 6.74. The lowest BCUT2D eigenvalue weighted by atomic mass is 10.0. The molecule has 2 nitrogen and oxygen atoms in total. The summed E-state index contributed by atoms with van der Waals surface area (Å²) in [5.74, 6) is 0.677. The van der Waals surface area contributed by atoms with Gasteiger partial charge in [-0.3, -0.25) is 4.98 Å². The monoisotopic (exact) mass is 242 g/mol. The summed E-state index contributed by atoms with van der Waals surface area (Å²) in [6.45, 7) is 7.75. The second-order valence-electron chi connectivity index (χ2n) is 5.23. The molecule has 0 spiro atoms. The Hall–Kier alpha value is -1.41. The van der Waals surface area contributed by atoms with Gasteiger partial charge in [0.05, 0.1) is 5.52 Å². The Balaban J connectivity index is 2.04. The number of nitrogens with zero attached hydrogens (tertiary/aromatic N) is 1. The third-order valence-corrected chi connectivity index (χ3v) is 3.58. The van der Waals surface area contributed by atoms with E-state index in [1.165, 1.54) is 10.9 Å². The number of para-hydroxylation sites is 1. The van der Waals surface area contributed by atoms with Crippen LogP contribution in [0, 0.1) is 5.92 Å². The van der Waals surface area contributed by atoms with Crippen LogP contribution in [0.15, 0.2) is 36.5 Å². The smallest absolute Gasteiger partial charge is 0.0734 e. The molecule has 1 aromatic heterocycles. The molecule has 2 rings (SSSR count). The molecule has 0 saturated heterocycles. The van der Waals surface area contributed by atoms with Gasteiger partial charge in [0.2, 0.25) is 0 Å². The number of hydrogen-bond acceptors (Lipinski definition) is 2. The van der Waals surface area contributed by atoms with Gasteiger partial charge in [0.25, 0.3) is 0 Å². The van der Waals surface area contributed by atoms with Crippen LogP contribution in [0.5, 0.6) is 0 Å². The minimum atomic E-state index is 0.563. The van der Waals surface area contributed by atoms with Crippen LogP contribution in [0.25, 0.3) is 10.9 Å². The van der Waals surface area contributed by atoms with Crippen LogP contribution in [0.3, 0.4) is 0 Å². The molecule has 0 aliphatic heterocycles. The zero-order valence-electron chi connectivity index (χ0n) is 11.5. The minimum absolute atomic E-state index is 0.563. The number of pyridine rings is 1. The van der Waals surface area contributed by atoms with Crippen LogP contribution in [0.1, 0.15) is 26.3 Å². The van der Waals surface area contributed by atoms with Gasteiger partial charge in [0.1, 0.15) is 0 Å². The molecule has 2 aromatic rings. The van der Waals surface area contributed by atoms with Gasteiger partial charge in [0, 0.05) is 17.6 Å². The van der Waals surface area contributed by atoms with Crippen molar-refractivity contribution in [3.05, 3.63) is 42.1 Å². The molecule has 1 atom stereocenters. The van der Waals surface area contributed by atoms with Crippen LogP contribution in [-0.2, 0) is 6.42 Å². The Labute approximate surface area is 109 Å². The fraction of sp³-hybridized carbons (Fsp3) is 0.438. The van der Waals surface area contributed by atoms with E-state index in [2.05, 4.69) is 55.3 Å². The van der Waals surface area contributed by atoms with Crippen LogP contribution in [-0.4, -0.2) is 17.6 Å². The van der Waals surface area contributed by atoms with E-state index in [1.807, 2.05) is 12.3 Å². The van der Waals surface area contributed by atoms with E-state index in [-0.39, 0.29) is 0 Å². The van der Waals surface area contributed by atoms with Crippen molar-refractivity contribution in [1.29, 1.82) is 0 Å². The highest BCUT2D eigenvalue weighted by Crippen LogP contribution is 2.16. The summed E-state index contributed by atoms with van der Waals surface area (Å²) >= 11 is 0. The molecule has 1 heterocycles. The van der Waals surface area contributed by atoms with Crippen molar-refractivity contribution in [2.24, 2.45) is 5.92 Å². The zero-order chi connectivity index (χ0) is 13.0. The molecule has 0 bridgehead atoms. The average molecular weight is 242 g/mol. The van der Waals surface area contributed by atoms with Crippen LogP contribution < -0.4 is 5.32 Å². The van der Waals surface area contributed by atoms with Gasteiger partial charge in [0.15, 0.2) is 0 Å². The largest absolute Gasteiger partial charge is 0.314 e. The van der Waals surface area contributed by atoms with Crippen molar-refractivity contribution < 1.29 is 0 Å². The Morgan fingerprint density at radius 3 is 2.67 bits per heavy atom. The van der Waals surface area contributed by atoms with E-state index in [9.17, 15) is 0 Å². The Morgan fingerprint density at radius 2 is 1.89 bits per heavy atom. The molecule has 18 heavy (non-hydrogen) atoms. The van der Waals surface area contributed by atoms with Gasteiger partial charge in [-0.2, -0.15) is 0 Å². The number of rotatable bonds is 5. The number of nitrogens with one attached hydrogen (secondary N) is 1. The van der Waals surface area contributed by atoms with Crippen molar-refractivity contribution in [3.8, 4) is 0 Å². The Kier molecular flexibility index (Phi) is 4.32. The predicted molar refractivity (Wildman–Crippen MR) is 77.7 cm³/mol. The van der Waals surface area contributed by atoms with E-state index in [0.717, 1.165) is 18.5 Å². The maximum atomic E-state index is 4.49. The van der Waals surface area contributed by atoms with Gasteiger partial charge in [-0.25, -0.2) is 0 Å². The molecule has 0 radical (unpaired) electrons. The van der Waals surface area contributed by atoms with E-state index < -0.39 is 0 Å². The summed E-state index contributed by atoms with van der Waals surface area (Å²) in [7, 11) is 0. The zero-order valence-corrected chi connectivity index (χ0v) is 11.5. The van der Waals surface area contributed by atoms with Gasteiger partial charge >= 0.3 is 0 Å². The molecular formula is C16H22N2. The summed E-state index contributed by atoms with van der Waals surface area (Å²) in [5.41, 5.74) is 2.47. The fourth-order valence-electron chi connectivity index (χ4n) is 2.04. The molecule has 1 aromatic carbocycles. The van der Waals surface area contributed by atoms with E-state index >= 15 is 0 Å². The highest BCUT2D eigenvalue weighted by molar-refractivity contribution is 5.81. The summed E-state index contributed by atoms with van der Waals surface area (Å²) in [6, 6.07) is 11.1. The van der Waals surface area contributed by atoms with Crippen LogP contribution >= 0.6 is 0 Å². The summed E-state index contributed by atoms with van der Waals surface area (Å²) < 4.78 is 0. The third kappa shape index (κ3) is 3.08. The standard InChI is InChI=1S/C16H22N2/c1-12(2)13(3)17-11-9-15-7-4-6-14-8-5-10-18-16(14)15/h4-8,10,12-13,17H,9,11H2,1-3H3. The molecule has 0 amide bonds. The average Bonchev–Trinajstić information content (AvgIpc) is 2.38. The molecule has 0 aliphatic carbocycles. The Bertz CT molecular complexity index is 500. The fourth-order valence-corrected chi connectivity index (χ4v) is 2.04. The van der Waals surface area contributed by atoms with Crippen molar-refractivity contribution in [2.45, 2.75) is 33.2 Å². The van der Waals surface area contributed by atoms with Crippen LogP contribution in [0.2, 0.25) is 0 Å². The first-order chi connectivity index (χ1) is 8.68. The first-order valence-corrected chi connectivity index (χ1v) is 6.74. The second-order valence-corrected chi connectivity index (χ2v) is 5.23. The highest BCUT2D eigenvalue weighted by atomic mass is 14.9. The maximum Gasteiger partial charge on any atom is 0.0734 e. The lowest BCUT2D eigenvalue weighted by Gasteiger charge is -2.17. The van der Waals surface area contributed by atoms with Gasteiger partial charge in [-0.15, -0.1) is 0 Å². The SMILES string of the molecule is CC(C)C(C)NCCc1cccc2cccnc12. The van der Waals surface area contributed by atoms with E-state index in [4.69, 9.17) is 0 Å². The molecule has 1 N–H and O–H groups in total. The lowest BCUT2D eigenvalue weighted by Crippen LogP contribution is -2.32. The molecular weight excluding hydrogens is 220 g/mol. The first kappa shape index (κ1) is 13.0. The summed E-state index contributed by atoms with van der Waals surface area (Å²) in [4.78, 5) is 4.49. The molecule has 1 unspecified atom stereocenters. The van der Waals surface area contributed by atoms with Crippen molar-refractivity contribution in [3.63, 3.8) is 0 Å². The van der Waals surface area contributed by atoms with Gasteiger partial charge in [-0.1, -0.05) is 38.1 Å². The molecule has 0 saturated carbocycles. The summed E-state index contributed by atoms with van der Waals surface area (Å²) in [6.07, 6.45) is 2.90. The molecule has 2 heteroatoms. The normalized spacial score (nSPS) is 13.1. The van der Waals surface area contributed by atoms with Gasteiger partial charge < -0.3 is 5.32 Å². The van der Waals surface area contributed by atoms with Crippen molar-refractivity contribution in [1.82, 2.24) is 10.3 Å². The van der Waals surface area contributed by atoms with Crippen LogP contribution in [0.4, 0.5) is 0 Å². The van der Waals surface area contributed by atoms with E-state index in [1.54, 1.807) is 0 Å². The lowest BCUT2D eigenvalue weighted by molar-refractivity contribution is 0.430. The minimum Gasteiger partial charge on any atom is -0.314 e. The number of benzene rings is 1. The highest BCUT2D eigenvalue weighted by Gasteiger charge is 2.06. The Morgan fingerprint density at radius 1 is 1.11 bits per heavy atom. The summed E-state index contributed by atoms with van der Waals surface area (Å²) in [5, 5.41) is 4.80. The quantitative estimate of drug-likeness (QED) is 0.869. The second kappa shape index (κ2) is 5.96. The van der Waals surface area contributed by atoms with Crippen molar-refractivity contribution >= 4 is 10.9 Å². The predicted octanol–water partition coefficient (Wildman–Crippen LogP) is 3.41. The molecule has 96 valence electrons. The number of aromatic nitrogens is 1. The number of hydrogen-bond donors (Lipinski definition) is 1. The van der Waals surface area contributed by atoms with E-state index in [0.29, 0.717) is 12.0 Å². The topological polar surface area (TPSA) is 24.9 Å². The number of fused-ring (bicyclic) bond motifs is 1. The van der Waals surface area contributed by atoms with Gasteiger partial charge in [-0.05, 0) is 37.4 Å².